The van der Waals surface area contributed by atoms with Crippen LogP contribution >= 0.6 is 0 Å². The van der Waals surface area contributed by atoms with Crippen LogP contribution in [0, 0.1) is 0 Å². The molecular formula is C14H15NO. The fourth-order valence-corrected chi connectivity index (χ4v) is 1.76. The number of pyridine rings is 1. The standard InChI is InChI=1S/C14H15NO/c1-3-11-10-12(16-2)7-8-13(11)14-6-4-5-9-15-14/h4-10H,3H2,1-2H3. The normalized spacial score (nSPS) is 10.1. The molecule has 16 heavy (non-hydrogen) atoms. The molecule has 0 saturated carbocycles. The molecule has 0 saturated heterocycles. The Hall–Kier alpha value is -1.83. The van der Waals surface area contributed by atoms with Gasteiger partial charge in [-0.15, -0.1) is 0 Å². The summed E-state index contributed by atoms with van der Waals surface area (Å²) in [6.07, 6.45) is 2.79. The van der Waals surface area contributed by atoms with Crippen LogP contribution in [0.4, 0.5) is 0 Å². The molecule has 0 aliphatic rings. The first kappa shape index (κ1) is 10.7. The molecule has 1 aromatic carbocycles. The van der Waals surface area contributed by atoms with E-state index < -0.39 is 0 Å². The number of ether oxygens (including phenoxy) is 1. The van der Waals surface area contributed by atoms with Crippen molar-refractivity contribution in [3.8, 4) is 17.0 Å². The highest BCUT2D eigenvalue weighted by Gasteiger charge is 2.05. The van der Waals surface area contributed by atoms with Crippen LogP contribution in [0.5, 0.6) is 5.75 Å². The summed E-state index contributed by atoms with van der Waals surface area (Å²) in [7, 11) is 1.69. The van der Waals surface area contributed by atoms with Crippen LogP contribution in [-0.4, -0.2) is 12.1 Å². The van der Waals surface area contributed by atoms with Gasteiger partial charge in [-0.1, -0.05) is 13.0 Å². The van der Waals surface area contributed by atoms with Crippen molar-refractivity contribution in [2.45, 2.75) is 13.3 Å². The second kappa shape index (κ2) is 4.79. The average Bonchev–Trinajstić information content (AvgIpc) is 2.39. The van der Waals surface area contributed by atoms with E-state index in [2.05, 4.69) is 24.0 Å². The van der Waals surface area contributed by atoms with Gasteiger partial charge in [0.05, 0.1) is 12.8 Å². The minimum absolute atomic E-state index is 0.900. The van der Waals surface area contributed by atoms with Gasteiger partial charge < -0.3 is 4.74 Å². The molecule has 0 radical (unpaired) electrons. The Bertz CT molecular complexity index is 465. The maximum absolute atomic E-state index is 5.23. The fraction of sp³-hybridized carbons (Fsp3) is 0.214. The maximum atomic E-state index is 5.23. The van der Waals surface area contributed by atoms with Gasteiger partial charge in [-0.25, -0.2) is 0 Å². The molecule has 82 valence electrons. The summed E-state index contributed by atoms with van der Waals surface area (Å²) in [6.45, 7) is 2.14. The van der Waals surface area contributed by atoms with E-state index in [-0.39, 0.29) is 0 Å². The number of rotatable bonds is 3. The van der Waals surface area contributed by atoms with Crippen molar-refractivity contribution < 1.29 is 4.74 Å². The second-order valence-corrected chi connectivity index (χ2v) is 3.59. The highest BCUT2D eigenvalue weighted by Crippen LogP contribution is 2.26. The SMILES string of the molecule is CCc1cc(OC)ccc1-c1ccccn1. The quantitative estimate of drug-likeness (QED) is 0.780. The minimum Gasteiger partial charge on any atom is -0.497 e. The summed E-state index contributed by atoms with van der Waals surface area (Å²) in [5.74, 6) is 0.900. The van der Waals surface area contributed by atoms with E-state index in [1.165, 1.54) is 11.1 Å². The number of benzene rings is 1. The average molecular weight is 213 g/mol. The lowest BCUT2D eigenvalue weighted by Gasteiger charge is -2.09. The largest absolute Gasteiger partial charge is 0.497 e. The number of methoxy groups -OCH3 is 1. The molecule has 2 nitrogen and oxygen atoms in total. The van der Waals surface area contributed by atoms with Gasteiger partial charge in [0.25, 0.3) is 0 Å². The van der Waals surface area contributed by atoms with Crippen molar-refractivity contribution in [1.82, 2.24) is 4.98 Å². The van der Waals surface area contributed by atoms with Crippen molar-refractivity contribution in [1.29, 1.82) is 0 Å². The molecule has 0 unspecified atom stereocenters. The number of aromatic nitrogens is 1. The number of hydrogen-bond acceptors (Lipinski definition) is 2. The lowest BCUT2D eigenvalue weighted by Crippen LogP contribution is -1.92. The van der Waals surface area contributed by atoms with E-state index in [1.807, 2.05) is 30.5 Å². The van der Waals surface area contributed by atoms with Crippen molar-refractivity contribution in [3.63, 3.8) is 0 Å². The van der Waals surface area contributed by atoms with E-state index in [9.17, 15) is 0 Å². The van der Waals surface area contributed by atoms with Crippen LogP contribution in [0.15, 0.2) is 42.6 Å². The van der Waals surface area contributed by atoms with Crippen molar-refractivity contribution in [2.24, 2.45) is 0 Å². The molecule has 0 spiro atoms. The van der Waals surface area contributed by atoms with E-state index in [0.717, 1.165) is 17.9 Å². The van der Waals surface area contributed by atoms with E-state index in [1.54, 1.807) is 7.11 Å². The van der Waals surface area contributed by atoms with E-state index in [0.29, 0.717) is 0 Å². The van der Waals surface area contributed by atoms with Crippen LogP contribution in [0.25, 0.3) is 11.3 Å². The van der Waals surface area contributed by atoms with Crippen LogP contribution in [0.2, 0.25) is 0 Å². The van der Waals surface area contributed by atoms with Gasteiger partial charge in [0.2, 0.25) is 0 Å². The number of hydrogen-bond donors (Lipinski definition) is 0. The summed E-state index contributed by atoms with van der Waals surface area (Å²) in [5.41, 5.74) is 3.46. The topological polar surface area (TPSA) is 22.1 Å². The first-order chi connectivity index (χ1) is 7.85. The minimum atomic E-state index is 0.900. The van der Waals surface area contributed by atoms with Crippen molar-refractivity contribution >= 4 is 0 Å². The van der Waals surface area contributed by atoms with Gasteiger partial charge >= 0.3 is 0 Å². The third-order valence-corrected chi connectivity index (χ3v) is 2.63. The van der Waals surface area contributed by atoms with Crippen LogP contribution in [0.3, 0.4) is 0 Å². The smallest absolute Gasteiger partial charge is 0.119 e. The monoisotopic (exact) mass is 213 g/mol. The molecular weight excluding hydrogens is 198 g/mol. The zero-order valence-corrected chi connectivity index (χ0v) is 9.60. The Kier molecular flexibility index (Phi) is 3.20. The zero-order valence-electron chi connectivity index (χ0n) is 9.60. The molecule has 0 aliphatic carbocycles. The van der Waals surface area contributed by atoms with Gasteiger partial charge in [-0.2, -0.15) is 0 Å². The predicted molar refractivity (Wildman–Crippen MR) is 65.6 cm³/mol. The van der Waals surface area contributed by atoms with Crippen molar-refractivity contribution in [2.75, 3.05) is 7.11 Å². The van der Waals surface area contributed by atoms with Crippen LogP contribution < -0.4 is 4.74 Å². The van der Waals surface area contributed by atoms with Crippen molar-refractivity contribution in [3.05, 3.63) is 48.2 Å². The Morgan fingerprint density at radius 3 is 2.69 bits per heavy atom. The number of aryl methyl sites for hydroxylation is 1. The summed E-state index contributed by atoms with van der Waals surface area (Å²) in [4.78, 5) is 4.37. The molecule has 2 heteroatoms. The summed E-state index contributed by atoms with van der Waals surface area (Å²) in [5, 5.41) is 0. The third kappa shape index (κ3) is 2.06. The Morgan fingerprint density at radius 1 is 1.19 bits per heavy atom. The Morgan fingerprint density at radius 2 is 2.06 bits per heavy atom. The maximum Gasteiger partial charge on any atom is 0.119 e. The third-order valence-electron chi connectivity index (χ3n) is 2.63. The molecule has 1 aromatic heterocycles. The zero-order chi connectivity index (χ0) is 11.4. The predicted octanol–water partition coefficient (Wildman–Crippen LogP) is 3.32. The van der Waals surface area contributed by atoms with Gasteiger partial charge in [0.1, 0.15) is 5.75 Å². The molecule has 0 atom stereocenters. The first-order valence-corrected chi connectivity index (χ1v) is 5.43. The lowest BCUT2D eigenvalue weighted by atomic mass is 10.0. The summed E-state index contributed by atoms with van der Waals surface area (Å²) in [6, 6.07) is 12.1. The second-order valence-electron chi connectivity index (χ2n) is 3.59. The van der Waals surface area contributed by atoms with Crippen LogP contribution in [-0.2, 0) is 6.42 Å². The van der Waals surface area contributed by atoms with Gasteiger partial charge in [0.15, 0.2) is 0 Å². The molecule has 0 bridgehead atoms. The van der Waals surface area contributed by atoms with Gasteiger partial charge in [-0.3, -0.25) is 4.98 Å². The Labute approximate surface area is 95.9 Å². The van der Waals surface area contributed by atoms with Crippen LogP contribution in [0.1, 0.15) is 12.5 Å². The van der Waals surface area contributed by atoms with Gasteiger partial charge in [0, 0.05) is 11.8 Å². The Balaban J connectivity index is 2.49. The van der Waals surface area contributed by atoms with E-state index in [4.69, 9.17) is 4.74 Å². The molecule has 0 N–H and O–H groups in total. The highest BCUT2D eigenvalue weighted by molar-refractivity contribution is 5.64. The number of nitrogens with zero attached hydrogens (tertiary/aromatic N) is 1. The first-order valence-electron chi connectivity index (χ1n) is 5.43. The highest BCUT2D eigenvalue weighted by atomic mass is 16.5. The summed E-state index contributed by atoms with van der Waals surface area (Å²) < 4.78 is 5.23. The molecule has 0 fully saturated rings. The van der Waals surface area contributed by atoms with Gasteiger partial charge in [-0.05, 0) is 42.3 Å². The fourth-order valence-electron chi connectivity index (χ4n) is 1.76. The lowest BCUT2D eigenvalue weighted by molar-refractivity contribution is 0.414. The molecule has 2 rings (SSSR count). The van der Waals surface area contributed by atoms with E-state index >= 15 is 0 Å². The summed E-state index contributed by atoms with van der Waals surface area (Å²) >= 11 is 0. The molecule has 0 aliphatic heterocycles. The molecule has 2 aromatic rings. The molecule has 1 heterocycles. The molecule has 0 amide bonds.